The summed E-state index contributed by atoms with van der Waals surface area (Å²) in [5.41, 5.74) is 2.53. The van der Waals surface area contributed by atoms with Gasteiger partial charge in [0.25, 0.3) is 5.56 Å². The van der Waals surface area contributed by atoms with Crippen molar-refractivity contribution in [2.75, 3.05) is 5.32 Å². The molecule has 0 bridgehead atoms. The number of nitrogens with zero attached hydrogens (tertiary/aromatic N) is 4. The van der Waals surface area contributed by atoms with Gasteiger partial charge in [-0.2, -0.15) is 10.2 Å². The summed E-state index contributed by atoms with van der Waals surface area (Å²) < 4.78 is 4.14. The summed E-state index contributed by atoms with van der Waals surface area (Å²) in [7, 11) is 1.86. The maximum Gasteiger partial charge on any atom is 0.269 e. The highest BCUT2D eigenvalue weighted by Gasteiger charge is 2.21. The zero-order valence-corrected chi connectivity index (χ0v) is 13.0. The second-order valence-corrected chi connectivity index (χ2v) is 5.92. The van der Waals surface area contributed by atoms with Gasteiger partial charge in [-0.15, -0.1) is 0 Å². The summed E-state index contributed by atoms with van der Waals surface area (Å²) in [5.74, 6) is 0. The molecule has 2 heterocycles. The van der Waals surface area contributed by atoms with Crippen molar-refractivity contribution >= 4 is 21.6 Å². The predicted octanol–water partition coefficient (Wildman–Crippen LogP) is 1.67. The molecule has 1 aliphatic rings. The monoisotopic (exact) mass is 337 g/mol. The number of aromatic nitrogens is 4. The normalized spacial score (nSPS) is 14.6. The Morgan fingerprint density at radius 2 is 2.25 bits per heavy atom. The molecule has 0 amide bonds. The van der Waals surface area contributed by atoms with Crippen LogP contribution in [0.2, 0.25) is 0 Å². The first-order chi connectivity index (χ1) is 9.54. The fourth-order valence-corrected chi connectivity index (χ4v) is 2.55. The number of halogens is 1. The lowest BCUT2D eigenvalue weighted by atomic mass is 10.3. The third kappa shape index (κ3) is 2.63. The molecule has 0 unspecified atom stereocenters. The van der Waals surface area contributed by atoms with Gasteiger partial charge in [0.15, 0.2) is 0 Å². The highest BCUT2D eigenvalue weighted by molar-refractivity contribution is 9.10. The Labute approximate surface area is 124 Å². The second kappa shape index (κ2) is 5.05. The molecule has 0 spiro atoms. The van der Waals surface area contributed by atoms with Crippen molar-refractivity contribution in [2.45, 2.75) is 32.4 Å². The molecule has 1 aliphatic carbocycles. The van der Waals surface area contributed by atoms with Crippen LogP contribution < -0.4 is 10.9 Å². The van der Waals surface area contributed by atoms with E-state index < -0.39 is 0 Å². The zero-order chi connectivity index (χ0) is 14.3. The minimum atomic E-state index is -0.110. The molecule has 106 valence electrons. The molecule has 2 aromatic heterocycles. The summed E-state index contributed by atoms with van der Waals surface area (Å²) in [5, 5.41) is 11.8. The van der Waals surface area contributed by atoms with Crippen LogP contribution in [0.25, 0.3) is 0 Å². The van der Waals surface area contributed by atoms with Gasteiger partial charge in [0.2, 0.25) is 0 Å². The molecular formula is C13H16BrN5O. The quantitative estimate of drug-likeness (QED) is 0.921. The van der Waals surface area contributed by atoms with Gasteiger partial charge in [0.05, 0.1) is 34.3 Å². The van der Waals surface area contributed by atoms with Crippen LogP contribution in [0.5, 0.6) is 0 Å². The van der Waals surface area contributed by atoms with Crippen molar-refractivity contribution in [1.82, 2.24) is 19.6 Å². The topological polar surface area (TPSA) is 64.7 Å². The minimum Gasteiger partial charge on any atom is -0.381 e. The summed E-state index contributed by atoms with van der Waals surface area (Å²) in [6.45, 7) is 2.33. The number of nitrogens with one attached hydrogen (secondary N) is 1. The van der Waals surface area contributed by atoms with E-state index in [-0.39, 0.29) is 5.56 Å². The smallest absolute Gasteiger partial charge is 0.269 e. The number of hydrogen-bond donors (Lipinski definition) is 1. The minimum absolute atomic E-state index is 0.110. The summed E-state index contributed by atoms with van der Waals surface area (Å²) >= 11 is 3.50. The van der Waals surface area contributed by atoms with Gasteiger partial charge in [-0.1, -0.05) is 0 Å². The Hall–Kier alpha value is -1.63. The third-order valence-electron chi connectivity index (χ3n) is 3.38. The predicted molar refractivity (Wildman–Crippen MR) is 79.9 cm³/mol. The Bertz CT molecular complexity index is 701. The molecule has 1 fully saturated rings. The van der Waals surface area contributed by atoms with Crippen molar-refractivity contribution in [3.63, 3.8) is 0 Å². The van der Waals surface area contributed by atoms with Crippen LogP contribution in [0.3, 0.4) is 0 Å². The fourth-order valence-electron chi connectivity index (χ4n) is 2.09. The van der Waals surface area contributed by atoms with E-state index in [0.717, 1.165) is 21.5 Å². The van der Waals surface area contributed by atoms with Crippen LogP contribution in [0, 0.1) is 6.92 Å². The molecule has 3 rings (SSSR count). The van der Waals surface area contributed by atoms with Gasteiger partial charge in [-0.3, -0.25) is 9.48 Å². The fraction of sp³-hybridized carbons (Fsp3) is 0.462. The number of rotatable bonds is 4. The number of hydrogen-bond acceptors (Lipinski definition) is 4. The standard InChI is InChI=1S/C13H16BrN5O/c1-8-13(14)11(18(2)17-8)7-19-12(20)5-10(6-15-19)16-9-3-4-9/h5-6,9,16H,3-4,7H2,1-2H3. The van der Waals surface area contributed by atoms with Crippen molar-refractivity contribution in [3.8, 4) is 0 Å². The summed E-state index contributed by atoms with van der Waals surface area (Å²) in [4.78, 5) is 12.1. The van der Waals surface area contributed by atoms with Gasteiger partial charge in [0, 0.05) is 19.2 Å². The molecule has 2 aromatic rings. The molecule has 0 saturated heterocycles. The molecule has 1 N–H and O–H groups in total. The van der Waals surface area contributed by atoms with Crippen LogP contribution in [0.4, 0.5) is 5.69 Å². The molecule has 1 saturated carbocycles. The van der Waals surface area contributed by atoms with Gasteiger partial charge >= 0.3 is 0 Å². The Balaban J connectivity index is 1.85. The highest BCUT2D eigenvalue weighted by Crippen LogP contribution is 2.23. The van der Waals surface area contributed by atoms with Crippen LogP contribution >= 0.6 is 15.9 Å². The molecule has 20 heavy (non-hydrogen) atoms. The second-order valence-electron chi connectivity index (χ2n) is 5.13. The van der Waals surface area contributed by atoms with Crippen LogP contribution in [0.15, 0.2) is 21.5 Å². The van der Waals surface area contributed by atoms with E-state index in [0.29, 0.717) is 12.6 Å². The lowest BCUT2D eigenvalue weighted by Crippen LogP contribution is -2.24. The van der Waals surface area contributed by atoms with E-state index >= 15 is 0 Å². The third-order valence-corrected chi connectivity index (χ3v) is 4.41. The van der Waals surface area contributed by atoms with Gasteiger partial charge in [-0.25, -0.2) is 4.68 Å². The average molecular weight is 338 g/mol. The van der Waals surface area contributed by atoms with E-state index in [1.54, 1.807) is 16.9 Å². The maximum absolute atomic E-state index is 12.1. The van der Waals surface area contributed by atoms with E-state index in [1.807, 2.05) is 14.0 Å². The lowest BCUT2D eigenvalue weighted by molar-refractivity contribution is 0.589. The summed E-state index contributed by atoms with van der Waals surface area (Å²) in [6.07, 6.45) is 4.05. The number of anilines is 1. The van der Waals surface area contributed by atoms with Crippen LogP contribution in [0.1, 0.15) is 24.2 Å². The first-order valence-corrected chi connectivity index (χ1v) is 7.35. The summed E-state index contributed by atoms with van der Waals surface area (Å²) in [6, 6.07) is 2.11. The Morgan fingerprint density at radius 3 is 2.80 bits per heavy atom. The van der Waals surface area contributed by atoms with Crippen molar-refractivity contribution in [3.05, 3.63) is 38.5 Å². The van der Waals surface area contributed by atoms with E-state index in [2.05, 4.69) is 31.4 Å². The van der Waals surface area contributed by atoms with Gasteiger partial charge in [0.1, 0.15) is 0 Å². The van der Waals surface area contributed by atoms with E-state index in [4.69, 9.17) is 0 Å². The molecule has 0 radical (unpaired) electrons. The largest absolute Gasteiger partial charge is 0.381 e. The van der Waals surface area contributed by atoms with Crippen LogP contribution in [-0.2, 0) is 13.6 Å². The molecule has 0 aromatic carbocycles. The van der Waals surface area contributed by atoms with Crippen molar-refractivity contribution in [2.24, 2.45) is 7.05 Å². The Kier molecular flexibility index (Phi) is 3.37. The first-order valence-electron chi connectivity index (χ1n) is 6.56. The van der Waals surface area contributed by atoms with E-state index in [9.17, 15) is 4.79 Å². The molecule has 7 heteroatoms. The molecule has 0 atom stereocenters. The van der Waals surface area contributed by atoms with E-state index in [1.165, 1.54) is 17.5 Å². The SMILES string of the molecule is Cc1nn(C)c(Cn2ncc(NC3CC3)cc2=O)c1Br. The molecule has 6 nitrogen and oxygen atoms in total. The lowest BCUT2D eigenvalue weighted by Gasteiger charge is -2.08. The van der Waals surface area contributed by atoms with Gasteiger partial charge < -0.3 is 5.32 Å². The molecule has 0 aliphatic heterocycles. The Morgan fingerprint density at radius 1 is 1.50 bits per heavy atom. The van der Waals surface area contributed by atoms with Gasteiger partial charge in [-0.05, 0) is 35.7 Å². The highest BCUT2D eigenvalue weighted by atomic mass is 79.9. The van der Waals surface area contributed by atoms with Crippen molar-refractivity contribution < 1.29 is 0 Å². The van der Waals surface area contributed by atoms with Crippen LogP contribution in [-0.4, -0.2) is 25.6 Å². The maximum atomic E-state index is 12.1. The molecular weight excluding hydrogens is 322 g/mol. The first kappa shape index (κ1) is 13.4. The van der Waals surface area contributed by atoms with Crippen molar-refractivity contribution in [1.29, 1.82) is 0 Å². The average Bonchev–Trinajstić information content (AvgIpc) is 3.16. The number of aryl methyl sites for hydroxylation is 2. The zero-order valence-electron chi connectivity index (χ0n) is 11.4.